The highest BCUT2D eigenvalue weighted by molar-refractivity contribution is 14.1. The molecule has 0 spiro atoms. The summed E-state index contributed by atoms with van der Waals surface area (Å²) in [5.41, 5.74) is 9.71. The number of terminal acetylenes is 1. The molecule has 0 aliphatic heterocycles. The summed E-state index contributed by atoms with van der Waals surface area (Å²) in [5.74, 6) is 5.86. The lowest BCUT2D eigenvalue weighted by Crippen LogP contribution is -2.16. The van der Waals surface area contributed by atoms with E-state index in [-0.39, 0.29) is 16.2 Å². The molecule has 0 saturated heterocycles. The van der Waals surface area contributed by atoms with Gasteiger partial charge in [-0.3, -0.25) is 0 Å². The molecule has 0 fully saturated rings. The summed E-state index contributed by atoms with van der Waals surface area (Å²) in [6, 6.07) is 24.7. The number of benzene rings is 3. The van der Waals surface area contributed by atoms with Crippen molar-refractivity contribution in [2.75, 3.05) is 19.8 Å². The van der Waals surface area contributed by atoms with E-state index in [9.17, 15) is 0 Å². The van der Waals surface area contributed by atoms with Crippen molar-refractivity contribution in [1.82, 2.24) is 0 Å². The summed E-state index contributed by atoms with van der Waals surface area (Å²) in [5, 5.41) is 0. The number of rotatable bonds is 9. The van der Waals surface area contributed by atoms with Crippen LogP contribution < -0.4 is 0 Å². The molecule has 0 atom stereocenters. The van der Waals surface area contributed by atoms with E-state index in [1.807, 2.05) is 24.3 Å². The number of hydrogen-bond donors (Lipinski definition) is 0. The van der Waals surface area contributed by atoms with Crippen LogP contribution in [0.3, 0.4) is 0 Å². The molecule has 0 heterocycles. The molecule has 0 unspecified atom stereocenters. The van der Waals surface area contributed by atoms with Gasteiger partial charge >= 0.3 is 0 Å². The molecule has 0 aliphatic carbocycles. The molecule has 48 heavy (non-hydrogen) atoms. The maximum atomic E-state index is 5.71. The first-order valence-corrected chi connectivity index (χ1v) is 21.4. The largest absolute Gasteiger partial charge is 0.376 e. The fraction of sp³-hybridized carbons (Fsp3) is 0.488. The number of hydrogen-bond acceptors (Lipinski definition) is 3. The van der Waals surface area contributed by atoms with Crippen LogP contribution in [0.2, 0.25) is 19.6 Å². The van der Waals surface area contributed by atoms with Crippen molar-refractivity contribution >= 4 is 30.7 Å². The third kappa shape index (κ3) is 24.7. The minimum absolute atomic E-state index is 0.221. The third-order valence-corrected chi connectivity index (χ3v) is 7.58. The lowest BCUT2D eigenvalue weighted by Gasteiger charge is -2.17. The predicted octanol–water partition coefficient (Wildman–Crippen LogP) is 11.6. The molecule has 5 heteroatoms. The first-order valence-electron chi connectivity index (χ1n) is 16.8. The van der Waals surface area contributed by atoms with Crippen molar-refractivity contribution in [2.24, 2.45) is 16.2 Å². The third-order valence-electron chi connectivity index (χ3n) is 5.98. The van der Waals surface area contributed by atoms with Gasteiger partial charge in [0.2, 0.25) is 0 Å². The van der Waals surface area contributed by atoms with Gasteiger partial charge in [0.05, 0.1) is 39.6 Å². The first kappa shape index (κ1) is 43.6. The van der Waals surface area contributed by atoms with Crippen molar-refractivity contribution in [1.29, 1.82) is 0 Å². The Morgan fingerprint density at radius 3 is 1.15 bits per heavy atom. The van der Waals surface area contributed by atoms with Crippen LogP contribution in [-0.4, -0.2) is 27.9 Å². The van der Waals surface area contributed by atoms with E-state index in [1.54, 1.807) is 0 Å². The van der Waals surface area contributed by atoms with E-state index in [2.05, 4.69) is 170 Å². The molecule has 262 valence electrons. The van der Waals surface area contributed by atoms with E-state index < -0.39 is 8.07 Å². The van der Waals surface area contributed by atoms with E-state index in [0.29, 0.717) is 19.8 Å². The SMILES string of the molecule is C#Cc1ccc(COCC(C)(C)C)cc1.CC(C)(C)COCc1ccc(C#C[Si](C)(C)C)cc1.CC(C)(C)COCc1ccc(I)cc1. The highest BCUT2D eigenvalue weighted by Gasteiger charge is 2.11. The summed E-state index contributed by atoms with van der Waals surface area (Å²) in [6.45, 7) is 30.8. The minimum Gasteiger partial charge on any atom is -0.376 e. The van der Waals surface area contributed by atoms with Gasteiger partial charge in [-0.25, -0.2) is 0 Å². The van der Waals surface area contributed by atoms with Crippen molar-refractivity contribution in [3.05, 3.63) is 104 Å². The Morgan fingerprint density at radius 2 is 0.854 bits per heavy atom. The second-order valence-electron chi connectivity index (χ2n) is 16.8. The van der Waals surface area contributed by atoms with Gasteiger partial charge in [0.15, 0.2) is 0 Å². The van der Waals surface area contributed by atoms with Crippen molar-refractivity contribution in [2.45, 2.75) is 102 Å². The van der Waals surface area contributed by atoms with Crippen molar-refractivity contribution in [3.8, 4) is 23.8 Å². The molecule has 0 aliphatic rings. The van der Waals surface area contributed by atoms with Crippen LogP contribution in [0.1, 0.15) is 90.1 Å². The standard InChI is InChI=1S/C17H26OSi.C14H18O.C12H17IO/c1-17(2,3)14-18-13-16-9-7-15(8-10-16)11-12-19(4,5)6;1-5-12-6-8-13(9-7-12)10-15-11-14(2,3)4;1-12(2,3)9-14-8-10-4-6-11(13)7-5-10/h7-10H,13-14H2,1-6H3;1,6-9H,10-11H2,2-4H3;4-7H,8-9H2,1-3H3. The zero-order valence-electron chi connectivity index (χ0n) is 31.9. The minimum atomic E-state index is -1.28. The van der Waals surface area contributed by atoms with Gasteiger partial charge in [0.25, 0.3) is 0 Å². The maximum Gasteiger partial charge on any atom is 0.129 e. The number of ether oxygens (including phenoxy) is 3. The van der Waals surface area contributed by atoms with Gasteiger partial charge in [-0.05, 0) is 91.9 Å². The zero-order valence-corrected chi connectivity index (χ0v) is 35.0. The molecule has 0 saturated carbocycles. The van der Waals surface area contributed by atoms with Gasteiger partial charge in [0.1, 0.15) is 8.07 Å². The van der Waals surface area contributed by atoms with E-state index in [4.69, 9.17) is 20.6 Å². The predicted molar refractivity (Wildman–Crippen MR) is 218 cm³/mol. The molecule has 0 aromatic heterocycles. The Labute approximate surface area is 309 Å². The molecular weight excluding hydrogens is 719 g/mol. The maximum absolute atomic E-state index is 5.71. The van der Waals surface area contributed by atoms with E-state index >= 15 is 0 Å². The van der Waals surface area contributed by atoms with Crippen molar-refractivity contribution in [3.63, 3.8) is 0 Å². The fourth-order valence-corrected chi connectivity index (χ4v) is 4.53. The monoisotopic (exact) mass is 780 g/mol. The Balaban J connectivity index is 0.000000365. The Morgan fingerprint density at radius 1 is 0.542 bits per heavy atom. The average molecular weight is 781 g/mol. The molecule has 3 nitrogen and oxygen atoms in total. The molecule has 3 rings (SSSR count). The van der Waals surface area contributed by atoms with Crippen LogP contribution >= 0.6 is 22.6 Å². The number of halogens is 1. The van der Waals surface area contributed by atoms with Gasteiger partial charge in [-0.2, -0.15) is 0 Å². The van der Waals surface area contributed by atoms with Crippen LogP contribution in [0.15, 0.2) is 72.8 Å². The summed E-state index contributed by atoms with van der Waals surface area (Å²) < 4.78 is 18.2. The lowest BCUT2D eigenvalue weighted by atomic mass is 9.99. The fourth-order valence-electron chi connectivity index (χ4n) is 3.65. The van der Waals surface area contributed by atoms with Gasteiger partial charge in [-0.15, -0.1) is 12.0 Å². The smallest absolute Gasteiger partial charge is 0.129 e. The van der Waals surface area contributed by atoms with Crippen LogP contribution in [0.25, 0.3) is 0 Å². The lowest BCUT2D eigenvalue weighted by molar-refractivity contribution is 0.0599. The highest BCUT2D eigenvalue weighted by Crippen LogP contribution is 2.17. The van der Waals surface area contributed by atoms with E-state index in [1.165, 1.54) is 20.3 Å². The Hall–Kier alpha value is -2.39. The molecule has 0 radical (unpaired) electrons. The summed E-state index contributed by atoms with van der Waals surface area (Å²) in [4.78, 5) is 0. The molecule has 0 N–H and O–H groups in total. The van der Waals surface area contributed by atoms with Gasteiger partial charge in [-0.1, -0.05) is 130 Å². The van der Waals surface area contributed by atoms with Gasteiger partial charge < -0.3 is 14.2 Å². The quantitative estimate of drug-likeness (QED) is 0.123. The van der Waals surface area contributed by atoms with Crippen LogP contribution in [0, 0.1) is 43.6 Å². The molecule has 3 aromatic carbocycles. The van der Waals surface area contributed by atoms with Crippen molar-refractivity contribution < 1.29 is 14.2 Å². The second kappa shape index (κ2) is 21.0. The van der Waals surface area contributed by atoms with Crippen LogP contribution in [0.4, 0.5) is 0 Å². The second-order valence-corrected chi connectivity index (χ2v) is 22.8. The first-order chi connectivity index (χ1) is 22.1. The summed E-state index contributed by atoms with van der Waals surface area (Å²) >= 11 is 2.31. The van der Waals surface area contributed by atoms with Crippen LogP contribution in [0.5, 0.6) is 0 Å². The average Bonchev–Trinajstić information content (AvgIpc) is 2.97. The molecule has 3 aromatic rings. The summed E-state index contributed by atoms with van der Waals surface area (Å²) in [7, 11) is -1.28. The van der Waals surface area contributed by atoms with Gasteiger partial charge in [0, 0.05) is 14.7 Å². The highest BCUT2D eigenvalue weighted by atomic mass is 127. The Kier molecular flexibility index (Phi) is 19.1. The van der Waals surface area contributed by atoms with Crippen LogP contribution in [-0.2, 0) is 34.0 Å². The normalized spacial score (nSPS) is 11.6. The molecular formula is C43H61IO3Si. The topological polar surface area (TPSA) is 27.7 Å². The summed E-state index contributed by atoms with van der Waals surface area (Å²) in [6.07, 6.45) is 5.28. The Bertz CT molecular complexity index is 1410. The zero-order chi connectivity index (χ0) is 36.4. The molecule has 0 bridgehead atoms. The van der Waals surface area contributed by atoms with E-state index in [0.717, 1.165) is 30.9 Å². The molecule has 0 amide bonds.